The summed E-state index contributed by atoms with van der Waals surface area (Å²) in [4.78, 5) is 36.4. The van der Waals surface area contributed by atoms with Gasteiger partial charge in [0.15, 0.2) is 0 Å². The molecule has 0 heterocycles. The molecule has 0 aromatic heterocycles. The van der Waals surface area contributed by atoms with E-state index in [1.54, 1.807) is 43.3 Å². The van der Waals surface area contributed by atoms with E-state index in [0.717, 1.165) is 18.4 Å². The first-order valence-corrected chi connectivity index (χ1v) is 13.1. The van der Waals surface area contributed by atoms with E-state index >= 15 is 0 Å². The van der Waals surface area contributed by atoms with Crippen molar-refractivity contribution in [3.8, 4) is 0 Å². The highest BCUT2D eigenvalue weighted by atomic mass is 16.5. The summed E-state index contributed by atoms with van der Waals surface area (Å²) in [5.41, 5.74) is 2.50. The maximum atomic E-state index is 12.4. The lowest BCUT2D eigenvalue weighted by molar-refractivity contribution is -0.131. The van der Waals surface area contributed by atoms with Gasteiger partial charge in [-0.1, -0.05) is 39.3 Å². The summed E-state index contributed by atoms with van der Waals surface area (Å²) in [5.74, 6) is 1.16. The van der Waals surface area contributed by atoms with Crippen molar-refractivity contribution in [3.05, 3.63) is 59.7 Å². The van der Waals surface area contributed by atoms with E-state index < -0.39 is 12.0 Å². The van der Waals surface area contributed by atoms with Gasteiger partial charge in [-0.2, -0.15) is 0 Å². The Bertz CT molecular complexity index is 1040. The van der Waals surface area contributed by atoms with E-state index in [4.69, 9.17) is 9.47 Å². The molecule has 0 spiro atoms. The topological polar surface area (TPSA) is 106 Å². The lowest BCUT2D eigenvalue weighted by Crippen LogP contribution is -2.37. The van der Waals surface area contributed by atoms with Gasteiger partial charge in [-0.15, -0.1) is 0 Å². The van der Waals surface area contributed by atoms with Crippen LogP contribution >= 0.6 is 0 Å². The predicted octanol–water partition coefficient (Wildman–Crippen LogP) is 5.60. The molecular weight excluding hydrogens is 470 g/mol. The molecule has 2 aromatic carbocycles. The second-order valence-corrected chi connectivity index (χ2v) is 10.0. The van der Waals surface area contributed by atoms with E-state index in [0.29, 0.717) is 47.8 Å². The molecule has 8 heteroatoms. The normalized spacial score (nSPS) is 19.2. The van der Waals surface area contributed by atoms with E-state index in [9.17, 15) is 14.4 Å². The summed E-state index contributed by atoms with van der Waals surface area (Å²) in [7, 11) is 0. The maximum absolute atomic E-state index is 12.4. The third-order valence-electron chi connectivity index (χ3n) is 6.75. The van der Waals surface area contributed by atoms with Crippen molar-refractivity contribution in [2.75, 3.05) is 23.8 Å². The Morgan fingerprint density at radius 2 is 1.57 bits per heavy atom. The van der Waals surface area contributed by atoms with Crippen molar-refractivity contribution in [1.82, 2.24) is 5.32 Å². The summed E-state index contributed by atoms with van der Waals surface area (Å²) in [5, 5.41) is 8.40. The van der Waals surface area contributed by atoms with Gasteiger partial charge in [0.2, 0.25) is 5.91 Å². The summed E-state index contributed by atoms with van der Waals surface area (Å²) < 4.78 is 11.0. The lowest BCUT2D eigenvalue weighted by atomic mass is 9.75. The van der Waals surface area contributed by atoms with Gasteiger partial charge < -0.3 is 25.4 Å². The number of urea groups is 1. The number of hydrogen-bond donors (Lipinski definition) is 3. The van der Waals surface area contributed by atoms with E-state index in [1.807, 2.05) is 12.1 Å². The first-order valence-electron chi connectivity index (χ1n) is 13.1. The number of amides is 3. The van der Waals surface area contributed by atoms with Gasteiger partial charge in [-0.3, -0.25) is 4.79 Å². The number of rotatable bonds is 10. The van der Waals surface area contributed by atoms with Gasteiger partial charge in [0.1, 0.15) is 6.61 Å². The molecule has 3 rings (SSSR count). The molecule has 0 aliphatic heterocycles. The standard InChI is InChI=1S/C29H39N3O5/c1-5-36-28(34)22-9-13-24(14-10-22)32-29(35)31-23-11-7-21(8-12-23)17-30-27(33)18-37-26-16-20(4)6-15-25(26)19(2)3/h7-14,19-20,25-26H,5-6,15-18H2,1-4H3,(H,30,33)(H2,31,32,35). The van der Waals surface area contributed by atoms with Gasteiger partial charge in [0.25, 0.3) is 0 Å². The summed E-state index contributed by atoms with van der Waals surface area (Å²) in [6.07, 6.45) is 3.54. The number of nitrogens with one attached hydrogen (secondary N) is 3. The van der Waals surface area contributed by atoms with Crippen LogP contribution in [0.4, 0.5) is 16.2 Å². The van der Waals surface area contributed by atoms with Crippen molar-refractivity contribution in [2.45, 2.75) is 59.6 Å². The molecule has 8 nitrogen and oxygen atoms in total. The minimum atomic E-state index is -0.404. The summed E-state index contributed by atoms with van der Waals surface area (Å²) in [6, 6.07) is 13.3. The molecule has 3 atom stereocenters. The van der Waals surface area contributed by atoms with Gasteiger partial charge in [0, 0.05) is 17.9 Å². The van der Waals surface area contributed by atoms with Crippen LogP contribution in [-0.4, -0.2) is 37.2 Å². The average molecular weight is 510 g/mol. The molecule has 0 radical (unpaired) electrons. The molecule has 1 aliphatic rings. The SMILES string of the molecule is CCOC(=O)c1ccc(NC(=O)Nc2ccc(CNC(=O)COC3CC(C)CCC3C(C)C)cc2)cc1. The second kappa shape index (κ2) is 13.8. The molecule has 0 saturated heterocycles. The Balaban J connectivity index is 1.41. The minimum absolute atomic E-state index is 0.0706. The average Bonchev–Trinajstić information content (AvgIpc) is 2.87. The number of benzene rings is 2. The molecule has 1 saturated carbocycles. The van der Waals surface area contributed by atoms with Crippen LogP contribution in [0.1, 0.15) is 62.9 Å². The Labute approximate surface area is 219 Å². The van der Waals surface area contributed by atoms with Crippen LogP contribution in [0, 0.1) is 17.8 Å². The highest BCUT2D eigenvalue weighted by Gasteiger charge is 2.31. The number of carbonyl (C=O) groups excluding carboxylic acids is 3. The molecule has 3 amide bonds. The van der Waals surface area contributed by atoms with Crippen molar-refractivity contribution < 1.29 is 23.9 Å². The van der Waals surface area contributed by atoms with Crippen molar-refractivity contribution in [1.29, 1.82) is 0 Å². The first kappa shape index (κ1) is 28.2. The fraction of sp³-hybridized carbons (Fsp3) is 0.483. The maximum Gasteiger partial charge on any atom is 0.338 e. The fourth-order valence-electron chi connectivity index (χ4n) is 4.64. The van der Waals surface area contributed by atoms with Crippen molar-refractivity contribution in [3.63, 3.8) is 0 Å². The van der Waals surface area contributed by atoms with Crippen molar-refractivity contribution in [2.24, 2.45) is 17.8 Å². The molecular formula is C29H39N3O5. The fourth-order valence-corrected chi connectivity index (χ4v) is 4.64. The number of carbonyl (C=O) groups is 3. The summed E-state index contributed by atoms with van der Waals surface area (Å²) >= 11 is 0. The quantitative estimate of drug-likeness (QED) is 0.362. The monoisotopic (exact) mass is 509 g/mol. The number of hydrogen-bond acceptors (Lipinski definition) is 5. The Kier molecular flexibility index (Phi) is 10.5. The third kappa shape index (κ3) is 8.89. The van der Waals surface area contributed by atoms with E-state index in [1.165, 1.54) is 6.42 Å². The van der Waals surface area contributed by atoms with Crippen LogP contribution < -0.4 is 16.0 Å². The Morgan fingerprint density at radius 1 is 0.946 bits per heavy atom. The molecule has 0 bridgehead atoms. The number of esters is 1. The number of ether oxygens (including phenoxy) is 2. The molecule has 2 aromatic rings. The van der Waals surface area contributed by atoms with E-state index in [-0.39, 0.29) is 18.6 Å². The zero-order valence-electron chi connectivity index (χ0n) is 22.2. The van der Waals surface area contributed by atoms with Gasteiger partial charge in [-0.25, -0.2) is 9.59 Å². The highest BCUT2D eigenvalue weighted by Crippen LogP contribution is 2.35. The van der Waals surface area contributed by atoms with Crippen LogP contribution in [0.25, 0.3) is 0 Å². The zero-order chi connectivity index (χ0) is 26.8. The Hall–Kier alpha value is -3.39. The smallest absolute Gasteiger partial charge is 0.338 e. The summed E-state index contributed by atoms with van der Waals surface area (Å²) in [6.45, 7) is 9.21. The van der Waals surface area contributed by atoms with Gasteiger partial charge in [0.05, 0.1) is 18.3 Å². The van der Waals surface area contributed by atoms with Gasteiger partial charge in [-0.05, 0) is 79.5 Å². The largest absolute Gasteiger partial charge is 0.462 e. The predicted molar refractivity (Wildman–Crippen MR) is 144 cm³/mol. The Morgan fingerprint density at radius 3 is 2.16 bits per heavy atom. The molecule has 3 N–H and O–H groups in total. The van der Waals surface area contributed by atoms with Crippen LogP contribution in [0.2, 0.25) is 0 Å². The third-order valence-corrected chi connectivity index (χ3v) is 6.75. The minimum Gasteiger partial charge on any atom is -0.462 e. The van der Waals surface area contributed by atoms with Crippen LogP contribution in [0.3, 0.4) is 0 Å². The number of anilines is 2. The van der Waals surface area contributed by atoms with Crippen LogP contribution in [0.5, 0.6) is 0 Å². The zero-order valence-corrected chi connectivity index (χ0v) is 22.2. The first-order chi connectivity index (χ1) is 17.7. The lowest BCUT2D eigenvalue weighted by Gasteiger charge is -2.37. The van der Waals surface area contributed by atoms with Crippen LogP contribution in [-0.2, 0) is 20.8 Å². The second-order valence-electron chi connectivity index (χ2n) is 10.0. The van der Waals surface area contributed by atoms with E-state index in [2.05, 4.69) is 36.7 Å². The van der Waals surface area contributed by atoms with Crippen LogP contribution in [0.15, 0.2) is 48.5 Å². The molecule has 37 heavy (non-hydrogen) atoms. The van der Waals surface area contributed by atoms with Crippen molar-refractivity contribution >= 4 is 29.3 Å². The molecule has 1 fully saturated rings. The highest BCUT2D eigenvalue weighted by molar-refractivity contribution is 6.00. The van der Waals surface area contributed by atoms with Gasteiger partial charge >= 0.3 is 12.0 Å². The molecule has 1 aliphatic carbocycles. The molecule has 3 unspecified atom stereocenters. The molecule has 200 valence electrons.